The maximum Gasteiger partial charge on any atom is 0.223 e. The fourth-order valence-electron chi connectivity index (χ4n) is 1.35. The quantitative estimate of drug-likeness (QED) is 0.836. The SMILES string of the molecule is CCCNc1ncc(Br)c(Sc2ccccc2)n1. The molecule has 0 saturated carbocycles. The second kappa shape index (κ2) is 6.75. The topological polar surface area (TPSA) is 37.8 Å². The van der Waals surface area contributed by atoms with Gasteiger partial charge in [0.05, 0.1) is 4.47 Å². The van der Waals surface area contributed by atoms with Crippen LogP contribution < -0.4 is 5.32 Å². The number of hydrogen-bond donors (Lipinski definition) is 1. The van der Waals surface area contributed by atoms with Gasteiger partial charge in [-0.15, -0.1) is 0 Å². The fraction of sp³-hybridized carbons (Fsp3) is 0.231. The Labute approximate surface area is 120 Å². The average molecular weight is 324 g/mol. The number of benzene rings is 1. The molecule has 1 aromatic heterocycles. The van der Waals surface area contributed by atoms with Crippen molar-refractivity contribution in [2.24, 2.45) is 0 Å². The Balaban J connectivity index is 2.16. The van der Waals surface area contributed by atoms with Gasteiger partial charge in [0.25, 0.3) is 0 Å². The predicted molar refractivity (Wildman–Crippen MR) is 79.1 cm³/mol. The van der Waals surface area contributed by atoms with Gasteiger partial charge in [-0.05, 0) is 34.5 Å². The average Bonchev–Trinajstić information content (AvgIpc) is 2.41. The maximum absolute atomic E-state index is 4.50. The van der Waals surface area contributed by atoms with E-state index >= 15 is 0 Å². The van der Waals surface area contributed by atoms with Crippen molar-refractivity contribution in [2.45, 2.75) is 23.3 Å². The van der Waals surface area contributed by atoms with E-state index in [2.05, 4.69) is 50.3 Å². The van der Waals surface area contributed by atoms with Gasteiger partial charge in [-0.2, -0.15) is 0 Å². The van der Waals surface area contributed by atoms with E-state index in [1.165, 1.54) is 4.90 Å². The third-order valence-electron chi connectivity index (χ3n) is 2.20. The Bertz CT molecular complexity index is 505. The van der Waals surface area contributed by atoms with Crippen molar-refractivity contribution >= 4 is 33.6 Å². The molecule has 0 aliphatic carbocycles. The summed E-state index contributed by atoms with van der Waals surface area (Å²) >= 11 is 5.11. The summed E-state index contributed by atoms with van der Waals surface area (Å²) in [6.45, 7) is 3.00. The first-order valence-electron chi connectivity index (χ1n) is 5.79. The first-order valence-corrected chi connectivity index (χ1v) is 7.40. The van der Waals surface area contributed by atoms with E-state index < -0.39 is 0 Å². The first kappa shape index (κ1) is 13.4. The van der Waals surface area contributed by atoms with Crippen molar-refractivity contribution < 1.29 is 0 Å². The van der Waals surface area contributed by atoms with Gasteiger partial charge in [0.1, 0.15) is 5.03 Å². The summed E-state index contributed by atoms with van der Waals surface area (Å²) < 4.78 is 0.915. The molecule has 1 heterocycles. The number of nitrogens with one attached hydrogen (secondary N) is 1. The fourth-order valence-corrected chi connectivity index (χ4v) is 2.58. The molecule has 0 aliphatic heterocycles. The van der Waals surface area contributed by atoms with E-state index in [9.17, 15) is 0 Å². The molecule has 18 heavy (non-hydrogen) atoms. The minimum atomic E-state index is 0.679. The lowest BCUT2D eigenvalue weighted by molar-refractivity contribution is 0.930. The first-order chi connectivity index (χ1) is 8.79. The number of nitrogens with zero attached hydrogens (tertiary/aromatic N) is 2. The second-order valence-electron chi connectivity index (χ2n) is 3.69. The standard InChI is InChI=1S/C13H14BrN3S/c1-2-8-15-13-16-9-11(14)12(17-13)18-10-6-4-3-5-7-10/h3-7,9H,2,8H2,1H3,(H,15,16,17). The zero-order chi connectivity index (χ0) is 12.8. The van der Waals surface area contributed by atoms with Gasteiger partial charge >= 0.3 is 0 Å². The van der Waals surface area contributed by atoms with Gasteiger partial charge in [-0.25, -0.2) is 9.97 Å². The van der Waals surface area contributed by atoms with E-state index in [0.717, 1.165) is 22.5 Å². The molecule has 2 aromatic rings. The molecule has 0 atom stereocenters. The van der Waals surface area contributed by atoms with Crippen LogP contribution in [-0.4, -0.2) is 16.5 Å². The monoisotopic (exact) mass is 323 g/mol. The van der Waals surface area contributed by atoms with Crippen LogP contribution in [-0.2, 0) is 0 Å². The van der Waals surface area contributed by atoms with Crippen LogP contribution in [0.2, 0.25) is 0 Å². The number of anilines is 1. The smallest absolute Gasteiger partial charge is 0.223 e. The van der Waals surface area contributed by atoms with Gasteiger partial charge in [-0.3, -0.25) is 0 Å². The molecule has 94 valence electrons. The van der Waals surface area contributed by atoms with E-state index in [1.807, 2.05) is 18.2 Å². The molecular formula is C13H14BrN3S. The Kier molecular flexibility index (Phi) is 5.01. The number of rotatable bonds is 5. The molecule has 0 amide bonds. The van der Waals surface area contributed by atoms with Gasteiger partial charge < -0.3 is 5.32 Å². The van der Waals surface area contributed by atoms with Gasteiger partial charge in [0.15, 0.2) is 0 Å². The minimum absolute atomic E-state index is 0.679. The van der Waals surface area contributed by atoms with Gasteiger partial charge in [0, 0.05) is 17.6 Å². The van der Waals surface area contributed by atoms with Crippen molar-refractivity contribution in [2.75, 3.05) is 11.9 Å². The molecule has 0 bridgehead atoms. The second-order valence-corrected chi connectivity index (χ2v) is 5.61. The molecule has 1 N–H and O–H groups in total. The number of halogens is 1. The molecule has 0 unspecified atom stereocenters. The number of aromatic nitrogens is 2. The van der Waals surface area contributed by atoms with Crippen LogP contribution in [0.25, 0.3) is 0 Å². The summed E-state index contributed by atoms with van der Waals surface area (Å²) in [4.78, 5) is 9.90. The van der Waals surface area contributed by atoms with Crippen molar-refractivity contribution in [3.8, 4) is 0 Å². The predicted octanol–water partition coefficient (Wildman–Crippen LogP) is 4.21. The third kappa shape index (κ3) is 3.71. The van der Waals surface area contributed by atoms with Crippen LogP contribution >= 0.6 is 27.7 Å². The molecule has 0 spiro atoms. The van der Waals surface area contributed by atoms with E-state index in [-0.39, 0.29) is 0 Å². The van der Waals surface area contributed by atoms with E-state index in [4.69, 9.17) is 0 Å². The molecule has 1 aromatic carbocycles. The molecule has 2 rings (SSSR count). The zero-order valence-corrected chi connectivity index (χ0v) is 12.5. The van der Waals surface area contributed by atoms with Crippen LogP contribution in [0.4, 0.5) is 5.95 Å². The van der Waals surface area contributed by atoms with Crippen molar-refractivity contribution in [1.29, 1.82) is 0 Å². The molecule has 3 nitrogen and oxygen atoms in total. The van der Waals surface area contributed by atoms with Crippen LogP contribution in [0.15, 0.2) is 50.9 Å². The molecule has 0 aliphatic rings. The highest BCUT2D eigenvalue weighted by atomic mass is 79.9. The lowest BCUT2D eigenvalue weighted by atomic mass is 10.4. The van der Waals surface area contributed by atoms with Crippen LogP contribution in [0, 0.1) is 0 Å². The Morgan fingerprint density at radius 1 is 1.28 bits per heavy atom. The highest BCUT2D eigenvalue weighted by Gasteiger charge is 2.06. The molecule has 5 heteroatoms. The largest absolute Gasteiger partial charge is 0.354 e. The highest BCUT2D eigenvalue weighted by molar-refractivity contribution is 9.10. The molecule has 0 saturated heterocycles. The van der Waals surface area contributed by atoms with Crippen LogP contribution in [0.1, 0.15) is 13.3 Å². The Morgan fingerprint density at radius 3 is 2.78 bits per heavy atom. The lowest BCUT2D eigenvalue weighted by Gasteiger charge is -2.07. The molecular weight excluding hydrogens is 310 g/mol. The van der Waals surface area contributed by atoms with Gasteiger partial charge in [-0.1, -0.05) is 36.9 Å². The van der Waals surface area contributed by atoms with Crippen molar-refractivity contribution in [1.82, 2.24) is 9.97 Å². The summed E-state index contributed by atoms with van der Waals surface area (Å²) in [5.41, 5.74) is 0. The molecule has 0 radical (unpaired) electrons. The Morgan fingerprint density at radius 2 is 2.06 bits per heavy atom. The summed E-state index contributed by atoms with van der Waals surface area (Å²) in [5.74, 6) is 0.679. The van der Waals surface area contributed by atoms with Crippen molar-refractivity contribution in [3.63, 3.8) is 0 Å². The summed E-state index contributed by atoms with van der Waals surface area (Å²) in [6, 6.07) is 10.2. The minimum Gasteiger partial charge on any atom is -0.354 e. The lowest BCUT2D eigenvalue weighted by Crippen LogP contribution is -2.04. The summed E-state index contributed by atoms with van der Waals surface area (Å²) in [5, 5.41) is 4.12. The van der Waals surface area contributed by atoms with Gasteiger partial charge in [0.2, 0.25) is 5.95 Å². The molecule has 0 fully saturated rings. The van der Waals surface area contributed by atoms with Crippen molar-refractivity contribution in [3.05, 3.63) is 41.0 Å². The van der Waals surface area contributed by atoms with Crippen LogP contribution in [0.3, 0.4) is 0 Å². The summed E-state index contributed by atoms with van der Waals surface area (Å²) in [7, 11) is 0. The third-order valence-corrected chi connectivity index (χ3v) is 4.06. The van der Waals surface area contributed by atoms with Crippen LogP contribution in [0.5, 0.6) is 0 Å². The zero-order valence-electron chi connectivity index (χ0n) is 10.1. The summed E-state index contributed by atoms with van der Waals surface area (Å²) in [6.07, 6.45) is 2.84. The van der Waals surface area contributed by atoms with E-state index in [0.29, 0.717) is 5.95 Å². The Hall–Kier alpha value is -1.07. The van der Waals surface area contributed by atoms with E-state index in [1.54, 1.807) is 18.0 Å². The maximum atomic E-state index is 4.50. The highest BCUT2D eigenvalue weighted by Crippen LogP contribution is 2.31. The normalized spacial score (nSPS) is 10.3. The number of hydrogen-bond acceptors (Lipinski definition) is 4.